The topological polar surface area (TPSA) is 65.5 Å². The number of anilines is 1. The van der Waals surface area contributed by atoms with Gasteiger partial charge in [0.2, 0.25) is 5.91 Å². The lowest BCUT2D eigenvalue weighted by Gasteiger charge is -2.13. The van der Waals surface area contributed by atoms with Crippen LogP contribution in [0.1, 0.15) is 30.9 Å². The maximum Gasteiger partial charge on any atom is 0.224 e. The molecule has 6 heteroatoms. The zero-order chi connectivity index (χ0) is 19.5. The lowest BCUT2D eigenvalue weighted by molar-refractivity contribution is -0.116. The van der Waals surface area contributed by atoms with Gasteiger partial charge in [0.25, 0.3) is 0 Å². The van der Waals surface area contributed by atoms with Crippen molar-refractivity contribution in [2.45, 2.75) is 32.7 Å². The van der Waals surface area contributed by atoms with Gasteiger partial charge in [-0.1, -0.05) is 37.3 Å². The van der Waals surface area contributed by atoms with Crippen molar-refractivity contribution < 1.29 is 9.18 Å². The molecule has 2 aromatic rings. The third-order valence-electron chi connectivity index (χ3n) is 4.02. The molecular formula is C21H27FN4O. The Kier molecular flexibility index (Phi) is 8.29. The zero-order valence-electron chi connectivity index (χ0n) is 15.9. The Morgan fingerprint density at radius 3 is 2.67 bits per heavy atom. The summed E-state index contributed by atoms with van der Waals surface area (Å²) in [7, 11) is 1.69. The number of aliphatic imine (C=N–C) groups is 1. The van der Waals surface area contributed by atoms with Crippen LogP contribution in [0.5, 0.6) is 0 Å². The Labute approximate surface area is 160 Å². The van der Waals surface area contributed by atoms with E-state index in [4.69, 9.17) is 0 Å². The second kappa shape index (κ2) is 11.0. The molecule has 0 aliphatic carbocycles. The Morgan fingerprint density at radius 2 is 1.93 bits per heavy atom. The molecule has 0 radical (unpaired) electrons. The summed E-state index contributed by atoms with van der Waals surface area (Å²) in [6.07, 6.45) is 1.91. The van der Waals surface area contributed by atoms with Gasteiger partial charge in [-0.25, -0.2) is 4.39 Å². The van der Waals surface area contributed by atoms with Gasteiger partial charge in [0.15, 0.2) is 5.96 Å². The van der Waals surface area contributed by atoms with E-state index in [0.29, 0.717) is 37.5 Å². The van der Waals surface area contributed by atoms with Crippen molar-refractivity contribution >= 4 is 17.6 Å². The number of nitrogens with one attached hydrogen (secondary N) is 3. The first-order chi connectivity index (χ1) is 13.1. The molecule has 0 bridgehead atoms. The number of hydrogen-bond donors (Lipinski definition) is 3. The molecule has 2 aromatic carbocycles. The number of carbonyl (C=O) groups is 1. The molecule has 0 aliphatic heterocycles. The van der Waals surface area contributed by atoms with Crippen molar-refractivity contribution in [2.24, 2.45) is 4.99 Å². The Hall–Kier alpha value is -2.89. The predicted octanol–water partition coefficient (Wildman–Crippen LogP) is 3.47. The summed E-state index contributed by atoms with van der Waals surface area (Å²) >= 11 is 0. The minimum Gasteiger partial charge on any atom is -0.356 e. The van der Waals surface area contributed by atoms with Crippen LogP contribution in [-0.2, 0) is 17.8 Å². The highest BCUT2D eigenvalue weighted by Gasteiger charge is 2.04. The first kappa shape index (κ1) is 20.4. The molecule has 2 rings (SSSR count). The summed E-state index contributed by atoms with van der Waals surface area (Å²) in [5.41, 5.74) is 2.49. The summed E-state index contributed by atoms with van der Waals surface area (Å²) in [5, 5.41) is 9.30. The van der Waals surface area contributed by atoms with Crippen LogP contribution >= 0.6 is 0 Å². The fourth-order valence-electron chi connectivity index (χ4n) is 2.63. The van der Waals surface area contributed by atoms with E-state index in [0.717, 1.165) is 17.7 Å². The van der Waals surface area contributed by atoms with E-state index in [2.05, 4.69) is 20.9 Å². The van der Waals surface area contributed by atoms with Crippen molar-refractivity contribution in [1.29, 1.82) is 0 Å². The van der Waals surface area contributed by atoms with Crippen molar-refractivity contribution in [2.75, 3.05) is 18.9 Å². The fraction of sp³-hybridized carbons (Fsp3) is 0.333. The van der Waals surface area contributed by atoms with Gasteiger partial charge < -0.3 is 16.0 Å². The number of halogens is 1. The summed E-state index contributed by atoms with van der Waals surface area (Å²) in [6.45, 7) is 3.12. The molecule has 0 saturated heterocycles. The summed E-state index contributed by atoms with van der Waals surface area (Å²) in [5.74, 6) is 0.476. The molecule has 0 fully saturated rings. The number of carbonyl (C=O) groups excluding carboxylic acids is 1. The highest BCUT2D eigenvalue weighted by molar-refractivity contribution is 5.90. The average Bonchev–Trinajstić information content (AvgIpc) is 2.66. The van der Waals surface area contributed by atoms with Crippen LogP contribution in [0.3, 0.4) is 0 Å². The number of amides is 1. The Morgan fingerprint density at radius 1 is 1.11 bits per heavy atom. The minimum absolute atomic E-state index is 0.0215. The van der Waals surface area contributed by atoms with Crippen LogP contribution in [0, 0.1) is 5.82 Å². The van der Waals surface area contributed by atoms with Gasteiger partial charge in [-0.05, 0) is 42.2 Å². The van der Waals surface area contributed by atoms with Crippen molar-refractivity contribution in [3.63, 3.8) is 0 Å². The number of guanidine groups is 1. The Bertz CT molecular complexity index is 776. The number of hydrogen-bond acceptors (Lipinski definition) is 2. The summed E-state index contributed by atoms with van der Waals surface area (Å²) in [4.78, 5) is 15.9. The summed E-state index contributed by atoms with van der Waals surface area (Å²) in [6, 6.07) is 14.5. The van der Waals surface area contributed by atoms with Crippen LogP contribution in [0.4, 0.5) is 10.1 Å². The lowest BCUT2D eigenvalue weighted by atomic mass is 10.1. The van der Waals surface area contributed by atoms with Crippen LogP contribution in [-0.4, -0.2) is 25.5 Å². The molecule has 0 aliphatic rings. The van der Waals surface area contributed by atoms with Crippen LogP contribution in [0.15, 0.2) is 53.5 Å². The Balaban J connectivity index is 1.81. The molecule has 5 nitrogen and oxygen atoms in total. The van der Waals surface area contributed by atoms with Gasteiger partial charge in [0.1, 0.15) is 5.82 Å². The van der Waals surface area contributed by atoms with Crippen molar-refractivity contribution in [3.05, 3.63) is 65.5 Å². The van der Waals surface area contributed by atoms with Gasteiger partial charge in [0.05, 0.1) is 0 Å². The number of nitrogens with zero attached hydrogens (tertiary/aromatic N) is 1. The van der Waals surface area contributed by atoms with E-state index in [1.165, 1.54) is 6.07 Å². The van der Waals surface area contributed by atoms with E-state index in [9.17, 15) is 9.18 Å². The summed E-state index contributed by atoms with van der Waals surface area (Å²) < 4.78 is 13.6. The molecule has 144 valence electrons. The molecule has 0 spiro atoms. The fourth-order valence-corrected chi connectivity index (χ4v) is 2.63. The van der Waals surface area contributed by atoms with Gasteiger partial charge >= 0.3 is 0 Å². The van der Waals surface area contributed by atoms with E-state index in [-0.39, 0.29) is 11.7 Å². The third kappa shape index (κ3) is 7.09. The van der Waals surface area contributed by atoms with Crippen LogP contribution in [0.2, 0.25) is 0 Å². The average molecular weight is 370 g/mol. The molecule has 3 N–H and O–H groups in total. The predicted molar refractivity (Wildman–Crippen MR) is 108 cm³/mol. The normalized spacial score (nSPS) is 11.1. The van der Waals surface area contributed by atoms with Crippen LogP contribution < -0.4 is 16.0 Å². The highest BCUT2D eigenvalue weighted by Crippen LogP contribution is 2.11. The second-order valence-corrected chi connectivity index (χ2v) is 6.19. The molecule has 0 saturated carbocycles. The van der Waals surface area contributed by atoms with Gasteiger partial charge in [-0.15, -0.1) is 0 Å². The smallest absolute Gasteiger partial charge is 0.224 e. The molecule has 0 unspecified atom stereocenters. The minimum atomic E-state index is -0.191. The van der Waals surface area contributed by atoms with Gasteiger partial charge in [-0.2, -0.15) is 0 Å². The van der Waals surface area contributed by atoms with E-state index < -0.39 is 0 Å². The first-order valence-corrected chi connectivity index (χ1v) is 9.19. The quantitative estimate of drug-likeness (QED) is 0.492. The van der Waals surface area contributed by atoms with E-state index >= 15 is 0 Å². The van der Waals surface area contributed by atoms with Crippen LogP contribution in [0.25, 0.3) is 0 Å². The molecule has 1 amide bonds. The van der Waals surface area contributed by atoms with Crippen molar-refractivity contribution in [1.82, 2.24) is 10.6 Å². The standard InChI is InChI=1S/C21H27FN4O/c1-3-7-20(27)26-18-10-6-8-16(14-18)15-25-21(23-2)24-13-12-17-9-4-5-11-19(17)22/h4-6,8-11,14H,3,7,12-13,15H2,1-2H3,(H,26,27)(H2,23,24,25). The molecule has 0 heterocycles. The zero-order valence-corrected chi connectivity index (χ0v) is 15.9. The highest BCUT2D eigenvalue weighted by atomic mass is 19.1. The first-order valence-electron chi connectivity index (χ1n) is 9.19. The maximum absolute atomic E-state index is 13.6. The largest absolute Gasteiger partial charge is 0.356 e. The molecule has 27 heavy (non-hydrogen) atoms. The number of benzene rings is 2. The third-order valence-corrected chi connectivity index (χ3v) is 4.02. The van der Waals surface area contributed by atoms with E-state index in [1.54, 1.807) is 19.2 Å². The van der Waals surface area contributed by atoms with Gasteiger partial charge in [-0.3, -0.25) is 9.79 Å². The monoisotopic (exact) mass is 370 g/mol. The molecular weight excluding hydrogens is 343 g/mol. The van der Waals surface area contributed by atoms with Crippen molar-refractivity contribution in [3.8, 4) is 0 Å². The maximum atomic E-state index is 13.6. The second-order valence-electron chi connectivity index (χ2n) is 6.19. The SMILES string of the molecule is CCCC(=O)Nc1cccc(CNC(=NC)NCCc2ccccc2F)c1. The van der Waals surface area contributed by atoms with Gasteiger partial charge in [0, 0.05) is 32.2 Å². The molecule has 0 atom stereocenters. The lowest BCUT2D eigenvalue weighted by Crippen LogP contribution is -2.37. The number of rotatable bonds is 8. The van der Waals surface area contributed by atoms with E-state index in [1.807, 2.05) is 37.3 Å². The molecule has 0 aromatic heterocycles.